The fourth-order valence-electron chi connectivity index (χ4n) is 2.59. The highest BCUT2D eigenvalue weighted by molar-refractivity contribution is 7.07. The third-order valence-electron chi connectivity index (χ3n) is 3.94. The molecule has 140 valence electrons. The van der Waals surface area contributed by atoms with Gasteiger partial charge >= 0.3 is 4.87 Å². The van der Waals surface area contributed by atoms with Crippen molar-refractivity contribution in [3.05, 3.63) is 66.9 Å². The molecule has 2 aromatic heterocycles. The number of amides is 1. The third kappa shape index (κ3) is 4.11. The van der Waals surface area contributed by atoms with Gasteiger partial charge in [-0.1, -0.05) is 11.3 Å². The lowest BCUT2D eigenvalue weighted by molar-refractivity contribution is -0.384. The SMILES string of the molecule is Cc1cc(NC(=O)CCn2c(C)csc2=O)n(-c2ccc([N+](=O)[O-])cc2)n1. The van der Waals surface area contributed by atoms with Gasteiger partial charge in [-0.15, -0.1) is 0 Å². The minimum absolute atomic E-state index is 0.0233. The maximum absolute atomic E-state index is 12.3. The molecule has 0 aliphatic heterocycles. The number of hydrogen-bond donors (Lipinski definition) is 1. The van der Waals surface area contributed by atoms with Crippen molar-refractivity contribution in [1.29, 1.82) is 0 Å². The number of carbonyl (C=O) groups excluding carboxylic acids is 1. The van der Waals surface area contributed by atoms with Gasteiger partial charge in [-0.25, -0.2) is 4.68 Å². The number of nitrogens with zero attached hydrogens (tertiary/aromatic N) is 4. The lowest BCUT2D eigenvalue weighted by Gasteiger charge is -2.09. The Balaban J connectivity index is 1.74. The lowest BCUT2D eigenvalue weighted by Crippen LogP contribution is -2.21. The van der Waals surface area contributed by atoms with E-state index in [0.717, 1.165) is 17.0 Å². The second-order valence-electron chi connectivity index (χ2n) is 5.95. The van der Waals surface area contributed by atoms with Gasteiger partial charge < -0.3 is 9.88 Å². The molecule has 1 N–H and O–H groups in total. The van der Waals surface area contributed by atoms with Crippen LogP contribution >= 0.6 is 11.3 Å². The number of nitrogens with one attached hydrogen (secondary N) is 1. The number of anilines is 1. The highest BCUT2D eigenvalue weighted by Crippen LogP contribution is 2.20. The normalized spacial score (nSPS) is 10.7. The zero-order valence-electron chi connectivity index (χ0n) is 14.7. The van der Waals surface area contributed by atoms with Crippen LogP contribution in [0, 0.1) is 24.0 Å². The number of non-ortho nitro benzene ring substituents is 1. The number of thiazole rings is 1. The van der Waals surface area contributed by atoms with Gasteiger partial charge in [0.05, 0.1) is 16.3 Å². The van der Waals surface area contributed by atoms with Crippen molar-refractivity contribution >= 4 is 28.7 Å². The van der Waals surface area contributed by atoms with E-state index >= 15 is 0 Å². The van der Waals surface area contributed by atoms with Gasteiger partial charge in [-0.05, 0) is 26.0 Å². The smallest absolute Gasteiger partial charge is 0.307 e. The molecule has 0 saturated carbocycles. The molecular weight excluding hydrogens is 370 g/mol. The van der Waals surface area contributed by atoms with E-state index < -0.39 is 4.92 Å². The number of nitro benzene ring substituents is 1. The number of aryl methyl sites for hydroxylation is 2. The molecule has 3 aromatic rings. The fraction of sp³-hybridized carbons (Fsp3) is 0.235. The third-order valence-corrected chi connectivity index (χ3v) is 4.82. The molecule has 2 heterocycles. The second kappa shape index (κ2) is 7.54. The topological polar surface area (TPSA) is 112 Å². The first-order chi connectivity index (χ1) is 12.8. The van der Waals surface area contributed by atoms with Gasteiger partial charge in [-0.2, -0.15) is 5.10 Å². The Hall–Kier alpha value is -3.27. The van der Waals surface area contributed by atoms with Crippen molar-refractivity contribution in [2.24, 2.45) is 0 Å². The highest BCUT2D eigenvalue weighted by Gasteiger charge is 2.13. The average Bonchev–Trinajstić information content (AvgIpc) is 3.15. The number of benzene rings is 1. The van der Waals surface area contributed by atoms with Crippen LogP contribution in [0.25, 0.3) is 5.69 Å². The van der Waals surface area contributed by atoms with Crippen LogP contribution in [0.4, 0.5) is 11.5 Å². The monoisotopic (exact) mass is 387 g/mol. The van der Waals surface area contributed by atoms with E-state index in [-0.39, 0.29) is 22.9 Å². The first kappa shape index (κ1) is 18.5. The summed E-state index contributed by atoms with van der Waals surface area (Å²) in [6, 6.07) is 7.59. The number of nitro groups is 1. The summed E-state index contributed by atoms with van der Waals surface area (Å²) < 4.78 is 3.07. The van der Waals surface area contributed by atoms with Gasteiger partial charge in [0.1, 0.15) is 5.82 Å². The molecule has 0 atom stereocenters. The van der Waals surface area contributed by atoms with Crippen LogP contribution in [0.3, 0.4) is 0 Å². The van der Waals surface area contributed by atoms with E-state index in [4.69, 9.17) is 0 Å². The van der Waals surface area contributed by atoms with Crippen molar-refractivity contribution in [1.82, 2.24) is 14.3 Å². The zero-order valence-corrected chi connectivity index (χ0v) is 15.5. The first-order valence-electron chi connectivity index (χ1n) is 8.11. The predicted octanol–water partition coefficient (Wildman–Crippen LogP) is 2.65. The average molecular weight is 387 g/mol. The van der Waals surface area contributed by atoms with E-state index in [0.29, 0.717) is 23.7 Å². The van der Waals surface area contributed by atoms with Gasteiger partial charge in [0.15, 0.2) is 0 Å². The van der Waals surface area contributed by atoms with Gasteiger partial charge in [0.2, 0.25) is 5.91 Å². The molecule has 1 aromatic carbocycles. The lowest BCUT2D eigenvalue weighted by atomic mass is 10.3. The molecular formula is C17H17N5O4S. The van der Waals surface area contributed by atoms with Crippen molar-refractivity contribution in [3.63, 3.8) is 0 Å². The first-order valence-corrected chi connectivity index (χ1v) is 8.99. The predicted molar refractivity (Wildman–Crippen MR) is 102 cm³/mol. The summed E-state index contributed by atoms with van der Waals surface area (Å²) in [6.07, 6.45) is 0.141. The molecule has 0 aliphatic rings. The standard InChI is InChI=1S/C17H17N5O4S/c1-11-9-15(18-16(23)7-8-20-12(2)10-27-17(20)24)21(19-11)13-3-5-14(6-4-13)22(25)26/h3-6,9-10H,7-8H2,1-2H3,(H,18,23). The van der Waals surface area contributed by atoms with Crippen LogP contribution in [0.2, 0.25) is 0 Å². The maximum Gasteiger partial charge on any atom is 0.307 e. The summed E-state index contributed by atoms with van der Waals surface area (Å²) in [5, 5.41) is 19.7. The maximum atomic E-state index is 12.3. The molecule has 1 amide bonds. The molecule has 0 spiro atoms. The van der Waals surface area contributed by atoms with Crippen LogP contribution in [-0.2, 0) is 11.3 Å². The van der Waals surface area contributed by atoms with Crippen LogP contribution in [-0.4, -0.2) is 25.2 Å². The molecule has 0 unspecified atom stereocenters. The van der Waals surface area contributed by atoms with Gasteiger partial charge in [0, 0.05) is 42.2 Å². The molecule has 9 nitrogen and oxygen atoms in total. The number of aromatic nitrogens is 3. The van der Waals surface area contributed by atoms with Crippen molar-refractivity contribution in [2.75, 3.05) is 5.32 Å². The van der Waals surface area contributed by atoms with E-state index in [1.807, 2.05) is 6.92 Å². The Morgan fingerprint density at radius 3 is 2.59 bits per heavy atom. The van der Waals surface area contributed by atoms with E-state index in [9.17, 15) is 19.7 Å². The summed E-state index contributed by atoms with van der Waals surface area (Å²) in [6.45, 7) is 3.90. The number of carbonyl (C=O) groups is 1. The fourth-order valence-corrected chi connectivity index (χ4v) is 3.36. The Bertz CT molecular complexity index is 1050. The van der Waals surface area contributed by atoms with E-state index in [1.54, 1.807) is 35.1 Å². The summed E-state index contributed by atoms with van der Waals surface area (Å²) in [5.41, 5.74) is 2.08. The second-order valence-corrected chi connectivity index (χ2v) is 6.77. The highest BCUT2D eigenvalue weighted by atomic mass is 32.1. The molecule has 3 rings (SSSR count). The van der Waals surface area contributed by atoms with Crippen LogP contribution in [0.1, 0.15) is 17.8 Å². The minimum atomic E-state index is -0.477. The number of rotatable bonds is 6. The largest absolute Gasteiger partial charge is 0.311 e. The molecule has 0 bridgehead atoms. The number of hydrogen-bond acceptors (Lipinski definition) is 6. The van der Waals surface area contributed by atoms with Crippen molar-refractivity contribution in [2.45, 2.75) is 26.8 Å². The van der Waals surface area contributed by atoms with Crippen LogP contribution in [0.5, 0.6) is 0 Å². The van der Waals surface area contributed by atoms with Crippen molar-refractivity contribution in [3.8, 4) is 5.69 Å². The van der Waals surface area contributed by atoms with Crippen molar-refractivity contribution < 1.29 is 9.72 Å². The molecule has 0 fully saturated rings. The summed E-state index contributed by atoms with van der Waals surface area (Å²) in [4.78, 5) is 34.2. The Morgan fingerprint density at radius 1 is 1.30 bits per heavy atom. The summed E-state index contributed by atoms with van der Waals surface area (Å²) >= 11 is 1.11. The van der Waals surface area contributed by atoms with Gasteiger partial charge in [-0.3, -0.25) is 19.7 Å². The van der Waals surface area contributed by atoms with Crippen LogP contribution < -0.4 is 10.2 Å². The summed E-state index contributed by atoms with van der Waals surface area (Å²) in [5.74, 6) is 0.205. The Morgan fingerprint density at radius 2 is 2.00 bits per heavy atom. The Labute approximate surface area is 158 Å². The Kier molecular flexibility index (Phi) is 5.17. The zero-order chi connectivity index (χ0) is 19.6. The van der Waals surface area contributed by atoms with E-state index in [2.05, 4.69) is 10.4 Å². The minimum Gasteiger partial charge on any atom is -0.311 e. The van der Waals surface area contributed by atoms with E-state index in [1.165, 1.54) is 16.8 Å². The van der Waals surface area contributed by atoms with Crippen LogP contribution in [0.15, 0.2) is 40.5 Å². The molecule has 27 heavy (non-hydrogen) atoms. The molecule has 0 aliphatic carbocycles. The van der Waals surface area contributed by atoms with Gasteiger partial charge in [0.25, 0.3) is 5.69 Å². The molecule has 10 heteroatoms. The molecule has 0 radical (unpaired) electrons. The summed E-state index contributed by atoms with van der Waals surface area (Å²) in [7, 11) is 0. The molecule has 0 saturated heterocycles. The quantitative estimate of drug-likeness (QED) is 0.516.